The number of carbonyl (C=O) groups is 1. The molecule has 1 N–H and O–H groups in total. The van der Waals surface area contributed by atoms with Crippen LogP contribution in [0.15, 0.2) is 64.6 Å². The zero-order chi connectivity index (χ0) is 23.8. The van der Waals surface area contributed by atoms with Gasteiger partial charge in [0, 0.05) is 26.2 Å². The number of sulfonamides is 1. The fourth-order valence-corrected chi connectivity index (χ4v) is 5.22. The molecular weight excluding hydrogens is 461 g/mol. The van der Waals surface area contributed by atoms with Gasteiger partial charge in [-0.2, -0.15) is 13.1 Å². The van der Waals surface area contributed by atoms with Crippen molar-refractivity contribution in [3.63, 3.8) is 0 Å². The maximum absolute atomic E-state index is 13.9. The third-order valence-corrected chi connectivity index (χ3v) is 7.54. The number of alkyl halides is 2. The fraction of sp³-hybridized carbons (Fsp3) is 0.318. The van der Waals surface area contributed by atoms with Crippen molar-refractivity contribution in [2.24, 2.45) is 0 Å². The van der Waals surface area contributed by atoms with Crippen molar-refractivity contribution < 1.29 is 36.2 Å². The summed E-state index contributed by atoms with van der Waals surface area (Å²) >= 11 is 0. The molecule has 0 saturated carbocycles. The predicted molar refractivity (Wildman–Crippen MR) is 112 cm³/mol. The molecule has 2 fully saturated rings. The highest BCUT2D eigenvalue weighted by atomic mass is 32.2. The van der Waals surface area contributed by atoms with E-state index in [0.717, 1.165) is 33.1 Å². The summed E-state index contributed by atoms with van der Waals surface area (Å²) in [5, 5.41) is 9.66. The average molecular weight is 482 g/mol. The minimum Gasteiger partial charge on any atom is -0.432 e. The van der Waals surface area contributed by atoms with E-state index in [1.807, 2.05) is 6.07 Å². The van der Waals surface area contributed by atoms with Gasteiger partial charge in [0.05, 0.1) is 17.4 Å². The van der Waals surface area contributed by atoms with Crippen LogP contribution in [0.5, 0.6) is 5.75 Å². The second-order valence-electron chi connectivity index (χ2n) is 7.79. The summed E-state index contributed by atoms with van der Waals surface area (Å²) in [5.74, 6) is -2.77. The lowest BCUT2D eigenvalue weighted by molar-refractivity contribution is -0.135. The number of carbonyl (C=O) groups excluding carboxylic acids is 1. The SMILES string of the molecule is O=C(C(CO)c1ccccc1)N1CC(=C2CN(S(=O)(=O)c3ccc(OC(F)F)c(F)c3)C2)C1. The number of rotatable bonds is 7. The molecule has 33 heavy (non-hydrogen) atoms. The normalized spacial score (nSPS) is 17.5. The van der Waals surface area contributed by atoms with Crippen LogP contribution in [0.25, 0.3) is 0 Å². The molecule has 0 radical (unpaired) electrons. The highest BCUT2D eigenvalue weighted by molar-refractivity contribution is 7.89. The van der Waals surface area contributed by atoms with Gasteiger partial charge < -0.3 is 14.7 Å². The van der Waals surface area contributed by atoms with Crippen molar-refractivity contribution in [3.05, 3.63) is 71.1 Å². The number of likely N-dealkylation sites (tertiary alicyclic amines) is 1. The number of ether oxygens (including phenoxy) is 1. The Morgan fingerprint density at radius 3 is 2.24 bits per heavy atom. The van der Waals surface area contributed by atoms with Crippen LogP contribution in [0, 0.1) is 5.82 Å². The second-order valence-corrected chi connectivity index (χ2v) is 9.73. The van der Waals surface area contributed by atoms with E-state index in [9.17, 15) is 31.5 Å². The van der Waals surface area contributed by atoms with Gasteiger partial charge in [-0.3, -0.25) is 4.79 Å². The van der Waals surface area contributed by atoms with E-state index in [4.69, 9.17) is 0 Å². The largest absolute Gasteiger partial charge is 0.432 e. The number of hydrogen-bond donors (Lipinski definition) is 1. The van der Waals surface area contributed by atoms with Crippen molar-refractivity contribution in [3.8, 4) is 5.75 Å². The molecule has 7 nitrogen and oxygen atoms in total. The Kier molecular flexibility index (Phi) is 6.46. The lowest BCUT2D eigenvalue weighted by atomic mass is 9.92. The number of hydrogen-bond acceptors (Lipinski definition) is 5. The van der Waals surface area contributed by atoms with Crippen molar-refractivity contribution in [1.82, 2.24) is 9.21 Å². The van der Waals surface area contributed by atoms with Crippen LogP contribution in [0.3, 0.4) is 0 Å². The smallest absolute Gasteiger partial charge is 0.387 e. The Labute approximate surface area is 188 Å². The minimum absolute atomic E-state index is 0.110. The van der Waals surface area contributed by atoms with E-state index >= 15 is 0 Å². The number of amides is 1. The third-order valence-electron chi connectivity index (χ3n) is 5.75. The minimum atomic E-state index is -4.00. The first-order valence-electron chi connectivity index (χ1n) is 10.1. The van der Waals surface area contributed by atoms with Crippen LogP contribution in [-0.4, -0.2) is 68.0 Å². The quantitative estimate of drug-likeness (QED) is 0.613. The summed E-state index contributed by atoms with van der Waals surface area (Å²) in [4.78, 5) is 14.0. The van der Waals surface area contributed by atoms with Gasteiger partial charge in [-0.15, -0.1) is 0 Å². The Morgan fingerprint density at radius 2 is 1.67 bits per heavy atom. The van der Waals surface area contributed by atoms with Gasteiger partial charge in [0.2, 0.25) is 15.9 Å². The molecule has 0 spiro atoms. The van der Waals surface area contributed by atoms with Crippen LogP contribution >= 0.6 is 0 Å². The second kappa shape index (κ2) is 9.16. The molecule has 176 valence electrons. The summed E-state index contributed by atoms with van der Waals surface area (Å²) in [7, 11) is -4.00. The Balaban J connectivity index is 1.37. The molecule has 2 saturated heterocycles. The van der Waals surface area contributed by atoms with Crippen molar-refractivity contribution in [2.45, 2.75) is 17.4 Å². The molecule has 2 aromatic carbocycles. The Bertz CT molecular complexity index is 1170. The van der Waals surface area contributed by atoms with Crippen LogP contribution in [0.2, 0.25) is 0 Å². The van der Waals surface area contributed by atoms with Gasteiger partial charge in [0.25, 0.3) is 0 Å². The molecule has 0 aliphatic carbocycles. The first-order valence-corrected chi connectivity index (χ1v) is 11.5. The van der Waals surface area contributed by atoms with E-state index in [1.165, 1.54) is 0 Å². The van der Waals surface area contributed by atoms with Gasteiger partial charge in [-0.25, -0.2) is 12.8 Å². The number of benzene rings is 2. The van der Waals surface area contributed by atoms with Gasteiger partial charge >= 0.3 is 6.61 Å². The highest BCUT2D eigenvalue weighted by Crippen LogP contribution is 2.33. The number of aliphatic hydroxyl groups excluding tert-OH is 1. The van der Waals surface area contributed by atoms with Crippen molar-refractivity contribution in [1.29, 1.82) is 0 Å². The molecule has 2 heterocycles. The summed E-state index contributed by atoms with van der Waals surface area (Å²) in [6, 6.07) is 11.5. The van der Waals surface area contributed by atoms with Crippen LogP contribution < -0.4 is 4.74 Å². The first kappa shape index (κ1) is 23.3. The molecule has 2 aliphatic rings. The molecule has 4 rings (SSSR count). The third kappa shape index (κ3) is 4.61. The van der Waals surface area contributed by atoms with Crippen molar-refractivity contribution in [2.75, 3.05) is 32.8 Å². The molecular formula is C22H21F3N2O5S. The molecule has 1 amide bonds. The fourth-order valence-electron chi connectivity index (χ4n) is 3.78. The van der Waals surface area contributed by atoms with E-state index in [1.54, 1.807) is 29.2 Å². The number of halogens is 3. The standard InChI is InChI=1S/C22H21F3N2O5S/c23-19-8-17(6-7-20(19)32-22(24)25)33(30,31)27-11-16(12-27)15-9-26(10-15)21(29)18(13-28)14-4-2-1-3-5-14/h1-8,18,22,28H,9-13H2. The molecule has 2 aliphatic heterocycles. The zero-order valence-corrected chi connectivity index (χ0v) is 18.1. The van der Waals surface area contributed by atoms with Crippen LogP contribution in [-0.2, 0) is 14.8 Å². The van der Waals surface area contributed by atoms with Crippen molar-refractivity contribution >= 4 is 15.9 Å². The van der Waals surface area contributed by atoms with Gasteiger partial charge in [0.15, 0.2) is 11.6 Å². The Morgan fingerprint density at radius 1 is 1.03 bits per heavy atom. The number of aliphatic hydroxyl groups is 1. The molecule has 1 unspecified atom stereocenters. The van der Waals surface area contributed by atoms with Gasteiger partial charge in [0.1, 0.15) is 0 Å². The van der Waals surface area contributed by atoms with Crippen LogP contribution in [0.4, 0.5) is 13.2 Å². The lowest BCUT2D eigenvalue weighted by Crippen LogP contribution is -2.52. The van der Waals surface area contributed by atoms with E-state index in [-0.39, 0.29) is 30.5 Å². The topological polar surface area (TPSA) is 87.2 Å². The van der Waals surface area contributed by atoms with E-state index in [0.29, 0.717) is 19.2 Å². The lowest BCUT2D eigenvalue weighted by Gasteiger charge is -2.42. The maximum Gasteiger partial charge on any atom is 0.387 e. The average Bonchev–Trinajstić information content (AvgIpc) is 2.70. The van der Waals surface area contributed by atoms with E-state index in [2.05, 4.69) is 4.74 Å². The van der Waals surface area contributed by atoms with E-state index < -0.39 is 34.1 Å². The predicted octanol–water partition coefficient (Wildman–Crippen LogP) is 2.35. The van der Waals surface area contributed by atoms with Gasteiger partial charge in [-0.1, -0.05) is 30.3 Å². The molecule has 2 aromatic rings. The molecule has 1 atom stereocenters. The zero-order valence-electron chi connectivity index (χ0n) is 17.3. The number of nitrogens with zero attached hydrogens (tertiary/aromatic N) is 2. The molecule has 0 bridgehead atoms. The summed E-state index contributed by atoms with van der Waals surface area (Å²) < 4.78 is 68.9. The monoisotopic (exact) mass is 482 g/mol. The summed E-state index contributed by atoms with van der Waals surface area (Å²) in [6.07, 6.45) is 0. The van der Waals surface area contributed by atoms with Crippen LogP contribution in [0.1, 0.15) is 11.5 Å². The van der Waals surface area contributed by atoms with Gasteiger partial charge in [-0.05, 0) is 34.9 Å². The highest BCUT2D eigenvalue weighted by Gasteiger charge is 2.39. The summed E-state index contributed by atoms with van der Waals surface area (Å²) in [6.45, 7) is -2.59. The summed E-state index contributed by atoms with van der Waals surface area (Å²) in [5.41, 5.74) is 2.55. The first-order chi connectivity index (χ1) is 15.7. The molecule has 11 heteroatoms. The Hall–Kier alpha value is -2.89. The maximum atomic E-state index is 13.9. The molecule has 0 aromatic heterocycles.